The summed E-state index contributed by atoms with van der Waals surface area (Å²) in [5.41, 5.74) is 2.50. The number of carbonyl (C=O) groups is 2. The zero-order valence-corrected chi connectivity index (χ0v) is 19.9. The van der Waals surface area contributed by atoms with E-state index in [0.717, 1.165) is 11.1 Å². The first-order valence-electron chi connectivity index (χ1n) is 10.6. The molecule has 0 aromatic heterocycles. The molecule has 0 saturated carbocycles. The van der Waals surface area contributed by atoms with E-state index >= 15 is 0 Å². The van der Waals surface area contributed by atoms with Crippen LogP contribution in [0.25, 0.3) is 0 Å². The van der Waals surface area contributed by atoms with Gasteiger partial charge in [-0.05, 0) is 41.3 Å². The number of halogens is 2. The minimum absolute atomic E-state index is 0.147. The first-order chi connectivity index (χ1) is 16.0. The van der Waals surface area contributed by atoms with Crippen molar-refractivity contribution in [2.45, 2.75) is 19.0 Å². The summed E-state index contributed by atoms with van der Waals surface area (Å²) in [5.74, 6) is -0.255. The molecule has 0 heterocycles. The topological polar surface area (TPSA) is 58.6 Å². The molecule has 0 aliphatic heterocycles. The van der Waals surface area contributed by atoms with Crippen LogP contribution in [0.1, 0.15) is 22.7 Å². The number of hydrogen-bond acceptors (Lipinski definition) is 3. The number of nitrogens with zero attached hydrogens (tertiary/aromatic N) is 1. The summed E-state index contributed by atoms with van der Waals surface area (Å²) in [6.07, 6.45) is 0.676. The summed E-state index contributed by atoms with van der Waals surface area (Å²) in [5, 5.41) is 3.49. The standard InChI is InChI=1S/C26H26Cl2N2O3/c1-33-22-13-11-20(12-14-22)25(26(32)29-16-15-19-7-3-2-4-8-19)30(24(31)17-27)18-21-9-5-6-10-23(21)28/h2-14,25H,15-18H2,1H3,(H,29,32). The average Bonchev–Trinajstić information content (AvgIpc) is 2.85. The second kappa shape index (κ2) is 12.3. The van der Waals surface area contributed by atoms with E-state index in [1.807, 2.05) is 48.5 Å². The van der Waals surface area contributed by atoms with Gasteiger partial charge in [0.05, 0.1) is 7.11 Å². The second-order valence-corrected chi connectivity index (χ2v) is 8.12. The van der Waals surface area contributed by atoms with Gasteiger partial charge < -0.3 is 15.0 Å². The minimum Gasteiger partial charge on any atom is -0.497 e. The fourth-order valence-corrected chi connectivity index (χ4v) is 3.89. The highest BCUT2D eigenvalue weighted by Gasteiger charge is 2.31. The number of amides is 2. The van der Waals surface area contributed by atoms with Crippen LogP contribution in [-0.2, 0) is 22.6 Å². The van der Waals surface area contributed by atoms with E-state index in [9.17, 15) is 9.59 Å². The molecule has 0 bridgehead atoms. The summed E-state index contributed by atoms with van der Waals surface area (Å²) in [7, 11) is 1.57. The largest absolute Gasteiger partial charge is 0.497 e. The van der Waals surface area contributed by atoms with Crippen LogP contribution < -0.4 is 10.1 Å². The van der Waals surface area contributed by atoms with Crippen LogP contribution in [0.4, 0.5) is 0 Å². The van der Waals surface area contributed by atoms with Crippen molar-refractivity contribution in [3.05, 3.63) is 101 Å². The molecule has 1 unspecified atom stereocenters. The molecule has 0 saturated heterocycles. The summed E-state index contributed by atoms with van der Waals surface area (Å²) < 4.78 is 5.24. The van der Waals surface area contributed by atoms with E-state index < -0.39 is 6.04 Å². The maximum absolute atomic E-state index is 13.4. The van der Waals surface area contributed by atoms with Gasteiger partial charge in [-0.3, -0.25) is 9.59 Å². The molecule has 0 radical (unpaired) electrons. The number of alkyl halides is 1. The molecule has 0 aliphatic carbocycles. The molecule has 172 valence electrons. The van der Waals surface area contributed by atoms with Crippen molar-refractivity contribution in [3.8, 4) is 5.75 Å². The predicted molar refractivity (Wildman–Crippen MR) is 132 cm³/mol. The number of rotatable bonds is 10. The zero-order chi connectivity index (χ0) is 23.6. The Hall–Kier alpha value is -3.02. The van der Waals surface area contributed by atoms with Crippen molar-refractivity contribution in [1.29, 1.82) is 0 Å². The molecule has 0 spiro atoms. The van der Waals surface area contributed by atoms with Crippen molar-refractivity contribution in [3.63, 3.8) is 0 Å². The lowest BCUT2D eigenvalue weighted by molar-refractivity contribution is -0.139. The molecule has 33 heavy (non-hydrogen) atoms. The van der Waals surface area contributed by atoms with Crippen molar-refractivity contribution in [1.82, 2.24) is 10.2 Å². The quantitative estimate of drug-likeness (QED) is 0.411. The Morgan fingerprint density at radius 3 is 2.27 bits per heavy atom. The van der Waals surface area contributed by atoms with Crippen LogP contribution >= 0.6 is 23.2 Å². The zero-order valence-electron chi connectivity index (χ0n) is 18.3. The lowest BCUT2D eigenvalue weighted by Gasteiger charge is -2.31. The van der Waals surface area contributed by atoms with E-state index in [2.05, 4.69) is 5.32 Å². The van der Waals surface area contributed by atoms with Crippen molar-refractivity contribution in [2.24, 2.45) is 0 Å². The first-order valence-corrected chi connectivity index (χ1v) is 11.5. The maximum atomic E-state index is 13.4. The van der Waals surface area contributed by atoms with Gasteiger partial charge in [0.2, 0.25) is 11.8 Å². The third kappa shape index (κ3) is 6.73. The number of methoxy groups -OCH3 is 1. The smallest absolute Gasteiger partial charge is 0.247 e. The van der Waals surface area contributed by atoms with Crippen LogP contribution in [0.5, 0.6) is 5.75 Å². The number of benzene rings is 3. The fraction of sp³-hybridized carbons (Fsp3) is 0.231. The molecule has 2 amide bonds. The van der Waals surface area contributed by atoms with Crippen LogP contribution in [0, 0.1) is 0 Å². The second-order valence-electron chi connectivity index (χ2n) is 7.45. The van der Waals surface area contributed by atoms with Gasteiger partial charge in [0.15, 0.2) is 0 Å². The van der Waals surface area contributed by atoms with Gasteiger partial charge in [-0.1, -0.05) is 72.3 Å². The third-order valence-corrected chi connectivity index (χ3v) is 5.88. The Morgan fingerprint density at radius 2 is 1.64 bits per heavy atom. The summed E-state index contributed by atoms with van der Waals surface area (Å²) in [6, 6.07) is 23.3. The first kappa shape index (κ1) is 24.6. The molecule has 3 rings (SSSR count). The van der Waals surface area contributed by atoms with E-state index in [0.29, 0.717) is 29.3 Å². The van der Waals surface area contributed by atoms with Crippen LogP contribution in [0.3, 0.4) is 0 Å². The van der Waals surface area contributed by atoms with Gasteiger partial charge in [0.1, 0.15) is 17.7 Å². The molecule has 3 aromatic carbocycles. The van der Waals surface area contributed by atoms with Gasteiger partial charge in [-0.2, -0.15) is 0 Å². The van der Waals surface area contributed by atoms with Crippen molar-refractivity contribution < 1.29 is 14.3 Å². The van der Waals surface area contributed by atoms with Crippen LogP contribution in [0.15, 0.2) is 78.9 Å². The average molecular weight is 485 g/mol. The normalized spacial score (nSPS) is 11.5. The molecule has 0 fully saturated rings. The van der Waals surface area contributed by atoms with Gasteiger partial charge in [-0.15, -0.1) is 11.6 Å². The van der Waals surface area contributed by atoms with Crippen LogP contribution in [0.2, 0.25) is 5.02 Å². The summed E-state index contributed by atoms with van der Waals surface area (Å²) >= 11 is 12.3. The number of ether oxygens (including phenoxy) is 1. The van der Waals surface area contributed by atoms with Gasteiger partial charge in [0.25, 0.3) is 0 Å². The summed E-state index contributed by atoms with van der Waals surface area (Å²) in [4.78, 5) is 27.8. The molecule has 7 heteroatoms. The van der Waals surface area contributed by atoms with Gasteiger partial charge in [-0.25, -0.2) is 0 Å². The van der Waals surface area contributed by atoms with E-state index in [4.69, 9.17) is 27.9 Å². The Bertz CT molecular complexity index is 1060. The Balaban J connectivity index is 1.89. The molecule has 1 atom stereocenters. The highest BCUT2D eigenvalue weighted by Crippen LogP contribution is 2.28. The molecule has 0 aliphatic rings. The molecular formula is C26H26Cl2N2O3. The maximum Gasteiger partial charge on any atom is 0.247 e. The highest BCUT2D eigenvalue weighted by atomic mass is 35.5. The predicted octanol–water partition coefficient (Wildman–Crippen LogP) is 5.02. The van der Waals surface area contributed by atoms with Crippen molar-refractivity contribution >= 4 is 35.0 Å². The monoisotopic (exact) mass is 484 g/mol. The minimum atomic E-state index is -0.880. The third-order valence-electron chi connectivity index (χ3n) is 5.28. The molecule has 1 N–H and O–H groups in total. The number of nitrogens with one attached hydrogen (secondary N) is 1. The van der Waals surface area contributed by atoms with E-state index in [1.165, 1.54) is 4.90 Å². The fourth-order valence-electron chi connectivity index (χ4n) is 3.54. The van der Waals surface area contributed by atoms with E-state index in [1.54, 1.807) is 37.4 Å². The number of hydrogen-bond donors (Lipinski definition) is 1. The highest BCUT2D eigenvalue weighted by molar-refractivity contribution is 6.31. The van der Waals surface area contributed by atoms with Gasteiger partial charge in [0, 0.05) is 18.1 Å². The molecular weight excluding hydrogens is 459 g/mol. The Labute approximate surface area is 204 Å². The van der Waals surface area contributed by atoms with Gasteiger partial charge >= 0.3 is 0 Å². The van der Waals surface area contributed by atoms with Crippen LogP contribution in [-0.4, -0.2) is 36.2 Å². The number of carbonyl (C=O) groups excluding carboxylic acids is 2. The summed E-state index contributed by atoms with van der Waals surface area (Å²) in [6.45, 7) is 0.582. The molecule has 5 nitrogen and oxygen atoms in total. The van der Waals surface area contributed by atoms with Crippen molar-refractivity contribution in [2.75, 3.05) is 19.5 Å². The lowest BCUT2D eigenvalue weighted by Crippen LogP contribution is -2.44. The lowest BCUT2D eigenvalue weighted by atomic mass is 10.0. The SMILES string of the molecule is COc1ccc(C(C(=O)NCCc2ccccc2)N(Cc2ccccc2Cl)C(=O)CCl)cc1. The Kier molecular flexibility index (Phi) is 9.16. The van der Waals surface area contributed by atoms with E-state index in [-0.39, 0.29) is 24.2 Å². The Morgan fingerprint density at radius 1 is 0.970 bits per heavy atom. The molecule has 3 aromatic rings.